The Bertz CT molecular complexity index is 1060. The Hall–Kier alpha value is -3.03. The molecule has 0 N–H and O–H groups in total. The Morgan fingerprint density at radius 3 is 2.55 bits per heavy atom. The first-order valence-electron chi connectivity index (χ1n) is 11.5. The second-order valence-electron chi connectivity index (χ2n) is 10.2. The van der Waals surface area contributed by atoms with Crippen LogP contribution in [-0.2, 0) is 14.3 Å². The predicted octanol–water partition coefficient (Wildman–Crippen LogP) is 4.36. The number of rotatable bonds is 4. The number of aliphatic imine (C=N–C) groups is 1. The summed E-state index contributed by atoms with van der Waals surface area (Å²) in [5.41, 5.74) is 1.11. The van der Waals surface area contributed by atoms with Crippen molar-refractivity contribution in [3.8, 4) is 5.75 Å². The number of ether oxygens (including phenoxy) is 1. The zero-order valence-electron chi connectivity index (χ0n) is 19.3. The van der Waals surface area contributed by atoms with Gasteiger partial charge in [-0.25, -0.2) is 0 Å². The van der Waals surface area contributed by atoms with Crippen molar-refractivity contribution in [3.05, 3.63) is 45.1 Å². The SMILES string of the molecule is CC1=NC2=C(C(=O)CC(C)(C)C2)[C@H](c2ccc([O-])c([N+](=O)[O-])c2)C1C(=O)OC1CCCCC1. The van der Waals surface area contributed by atoms with E-state index >= 15 is 0 Å². The number of esters is 1. The lowest BCUT2D eigenvalue weighted by molar-refractivity contribution is -0.398. The third-order valence-corrected chi connectivity index (χ3v) is 6.93. The zero-order chi connectivity index (χ0) is 23.9. The molecule has 176 valence electrons. The number of carbonyl (C=O) groups is 2. The number of hydrogen-bond donors (Lipinski definition) is 0. The monoisotopic (exact) mass is 453 g/mol. The molecule has 8 heteroatoms. The van der Waals surface area contributed by atoms with Crippen LogP contribution in [0.25, 0.3) is 0 Å². The van der Waals surface area contributed by atoms with Gasteiger partial charge in [0.2, 0.25) is 0 Å². The predicted molar refractivity (Wildman–Crippen MR) is 120 cm³/mol. The Morgan fingerprint density at radius 1 is 1.18 bits per heavy atom. The molecule has 0 spiro atoms. The minimum Gasteiger partial charge on any atom is -0.868 e. The Labute approximate surface area is 192 Å². The summed E-state index contributed by atoms with van der Waals surface area (Å²) in [6.45, 7) is 5.73. The first kappa shape index (κ1) is 23.1. The Kier molecular flexibility index (Phi) is 6.12. The topological polar surface area (TPSA) is 122 Å². The van der Waals surface area contributed by atoms with E-state index in [-0.39, 0.29) is 17.3 Å². The van der Waals surface area contributed by atoms with E-state index in [1.165, 1.54) is 12.1 Å². The summed E-state index contributed by atoms with van der Waals surface area (Å²) in [7, 11) is 0. The number of carbonyl (C=O) groups excluding carboxylic acids is 2. The van der Waals surface area contributed by atoms with Gasteiger partial charge in [0.25, 0.3) is 5.69 Å². The summed E-state index contributed by atoms with van der Waals surface area (Å²) in [5.74, 6) is -2.93. The second kappa shape index (κ2) is 8.72. The molecular weight excluding hydrogens is 424 g/mol. The van der Waals surface area contributed by atoms with Gasteiger partial charge in [0.05, 0.1) is 4.92 Å². The molecule has 4 rings (SSSR count). The standard InChI is InChI=1S/C25H30N2O6/c1-14-21(24(30)33-16-7-5-4-6-8-16)22(15-9-10-19(28)18(11-15)27(31)32)23-17(26-14)12-25(2,3)13-20(23)29/h9-11,16,21-22,28H,4-8,12-13H2,1-3H3/p-1/t21?,22-/m1/s1. The van der Waals surface area contributed by atoms with Crippen molar-refractivity contribution in [3.63, 3.8) is 0 Å². The fourth-order valence-corrected chi connectivity index (χ4v) is 5.40. The lowest BCUT2D eigenvalue weighted by atomic mass is 9.67. The third kappa shape index (κ3) is 4.56. The van der Waals surface area contributed by atoms with Crippen molar-refractivity contribution in [2.45, 2.75) is 77.7 Å². The quantitative estimate of drug-likeness (QED) is 0.379. The first-order chi connectivity index (χ1) is 15.6. The number of Topliss-reactive ketones (excluding diaryl/α,β-unsaturated/α-hetero) is 1. The van der Waals surface area contributed by atoms with Crippen LogP contribution in [0.2, 0.25) is 0 Å². The maximum atomic E-state index is 13.4. The molecule has 1 aliphatic heterocycles. The van der Waals surface area contributed by atoms with E-state index in [1.807, 2.05) is 13.8 Å². The van der Waals surface area contributed by atoms with Gasteiger partial charge in [-0.1, -0.05) is 32.4 Å². The normalized spacial score (nSPS) is 25.3. The number of nitro groups is 1. The molecule has 33 heavy (non-hydrogen) atoms. The summed E-state index contributed by atoms with van der Waals surface area (Å²) >= 11 is 0. The number of hydrogen-bond acceptors (Lipinski definition) is 7. The van der Waals surface area contributed by atoms with E-state index in [0.717, 1.165) is 38.2 Å². The molecule has 0 saturated heterocycles. The van der Waals surface area contributed by atoms with Crippen molar-refractivity contribution in [2.24, 2.45) is 16.3 Å². The van der Waals surface area contributed by atoms with E-state index in [4.69, 9.17) is 4.74 Å². The van der Waals surface area contributed by atoms with Gasteiger partial charge in [-0.3, -0.25) is 24.7 Å². The van der Waals surface area contributed by atoms with Gasteiger partial charge < -0.3 is 9.84 Å². The highest BCUT2D eigenvalue weighted by atomic mass is 16.6. The summed E-state index contributed by atoms with van der Waals surface area (Å²) in [5, 5.41) is 23.5. The molecule has 2 atom stereocenters. The van der Waals surface area contributed by atoms with Gasteiger partial charge in [-0.15, -0.1) is 0 Å². The van der Waals surface area contributed by atoms with Crippen molar-refractivity contribution >= 4 is 23.2 Å². The molecule has 0 amide bonds. The number of ketones is 1. The second-order valence-corrected chi connectivity index (χ2v) is 10.2. The number of nitrogens with zero attached hydrogens (tertiary/aromatic N) is 2. The maximum Gasteiger partial charge on any atom is 0.315 e. The van der Waals surface area contributed by atoms with E-state index < -0.39 is 34.2 Å². The van der Waals surface area contributed by atoms with Crippen molar-refractivity contribution < 1.29 is 24.4 Å². The van der Waals surface area contributed by atoms with Gasteiger partial charge in [0.15, 0.2) is 5.78 Å². The van der Waals surface area contributed by atoms with Gasteiger partial charge in [0.1, 0.15) is 12.0 Å². The molecule has 1 aromatic carbocycles. The zero-order valence-corrected chi connectivity index (χ0v) is 19.3. The van der Waals surface area contributed by atoms with Crippen LogP contribution in [0.15, 0.2) is 34.5 Å². The molecule has 0 bridgehead atoms. The molecule has 0 aromatic heterocycles. The van der Waals surface area contributed by atoms with Crippen LogP contribution >= 0.6 is 0 Å². The highest BCUT2D eigenvalue weighted by Gasteiger charge is 2.46. The van der Waals surface area contributed by atoms with Crippen LogP contribution in [-0.4, -0.2) is 28.5 Å². The minimum absolute atomic E-state index is 0.119. The van der Waals surface area contributed by atoms with E-state index in [0.29, 0.717) is 35.4 Å². The average molecular weight is 454 g/mol. The van der Waals surface area contributed by atoms with Gasteiger partial charge in [-0.2, -0.15) is 0 Å². The van der Waals surface area contributed by atoms with Crippen LogP contribution in [0, 0.1) is 21.4 Å². The minimum atomic E-state index is -0.868. The smallest absolute Gasteiger partial charge is 0.315 e. The fourth-order valence-electron chi connectivity index (χ4n) is 5.40. The van der Waals surface area contributed by atoms with Gasteiger partial charge in [-0.05, 0) is 55.8 Å². The fraction of sp³-hybridized carbons (Fsp3) is 0.560. The molecule has 1 fully saturated rings. The first-order valence-corrected chi connectivity index (χ1v) is 11.5. The van der Waals surface area contributed by atoms with Crippen molar-refractivity contribution in [1.29, 1.82) is 0 Å². The van der Waals surface area contributed by atoms with E-state index in [9.17, 15) is 24.8 Å². The van der Waals surface area contributed by atoms with Gasteiger partial charge >= 0.3 is 5.97 Å². The third-order valence-electron chi connectivity index (χ3n) is 6.93. The molecule has 1 aromatic rings. The number of benzene rings is 1. The molecular formula is C25H29N2O6-. The van der Waals surface area contributed by atoms with Crippen LogP contribution in [0.4, 0.5) is 5.69 Å². The maximum absolute atomic E-state index is 13.4. The molecule has 1 unspecified atom stereocenters. The van der Waals surface area contributed by atoms with Crippen molar-refractivity contribution in [1.82, 2.24) is 0 Å². The molecule has 8 nitrogen and oxygen atoms in total. The van der Waals surface area contributed by atoms with E-state index in [2.05, 4.69) is 4.99 Å². The van der Waals surface area contributed by atoms with Gasteiger partial charge in [0, 0.05) is 35.4 Å². The van der Waals surface area contributed by atoms with Crippen LogP contribution in [0.5, 0.6) is 5.75 Å². The molecule has 0 radical (unpaired) electrons. The summed E-state index contributed by atoms with van der Waals surface area (Å²) in [4.78, 5) is 42.1. The Morgan fingerprint density at radius 2 is 1.88 bits per heavy atom. The number of allylic oxidation sites excluding steroid dienone is 2. The molecule has 1 saturated carbocycles. The highest BCUT2D eigenvalue weighted by molar-refractivity contribution is 6.09. The van der Waals surface area contributed by atoms with Crippen LogP contribution < -0.4 is 5.11 Å². The van der Waals surface area contributed by atoms with Crippen LogP contribution in [0.1, 0.15) is 77.2 Å². The Balaban J connectivity index is 1.80. The number of nitro benzene ring substituents is 1. The summed E-state index contributed by atoms with van der Waals surface area (Å²) in [6, 6.07) is 3.82. The van der Waals surface area contributed by atoms with Crippen molar-refractivity contribution in [2.75, 3.05) is 0 Å². The molecule has 3 aliphatic rings. The molecule has 2 aliphatic carbocycles. The summed E-state index contributed by atoms with van der Waals surface area (Å²) in [6.07, 6.45) is 5.41. The average Bonchev–Trinajstić information content (AvgIpc) is 2.72. The highest BCUT2D eigenvalue weighted by Crippen LogP contribution is 2.48. The largest absolute Gasteiger partial charge is 0.868 e. The van der Waals surface area contributed by atoms with E-state index in [1.54, 1.807) is 6.92 Å². The lowest BCUT2D eigenvalue weighted by Crippen LogP contribution is -2.40. The molecule has 1 heterocycles. The van der Waals surface area contributed by atoms with Crippen LogP contribution in [0.3, 0.4) is 0 Å². The lowest BCUT2D eigenvalue weighted by Gasteiger charge is -2.39. The summed E-state index contributed by atoms with van der Waals surface area (Å²) < 4.78 is 5.86.